The Balaban J connectivity index is 2.12. The maximum absolute atomic E-state index is 12.7. The molecule has 2 amide bonds. The predicted molar refractivity (Wildman–Crippen MR) is 103 cm³/mol. The standard InChI is InChI=1S/C19H27BrN2O4/c1-13(2)16(22-18(24)25-3)17(23)21-12-19(8-10-26-11-9-19)14-4-6-15(20)7-5-14/h4-7,13,16H,8-12H2,1-3H3,(H,21,23)(H,22,24). The van der Waals surface area contributed by atoms with Crippen LogP contribution in [0.1, 0.15) is 32.3 Å². The molecular formula is C19H27BrN2O4. The van der Waals surface area contributed by atoms with Gasteiger partial charge in [0.25, 0.3) is 0 Å². The molecule has 26 heavy (non-hydrogen) atoms. The first-order chi connectivity index (χ1) is 12.4. The summed E-state index contributed by atoms with van der Waals surface area (Å²) in [4.78, 5) is 24.2. The van der Waals surface area contributed by atoms with Crippen LogP contribution >= 0.6 is 15.9 Å². The van der Waals surface area contributed by atoms with Crippen molar-refractivity contribution < 1.29 is 19.1 Å². The van der Waals surface area contributed by atoms with Gasteiger partial charge in [-0.15, -0.1) is 0 Å². The molecule has 2 N–H and O–H groups in total. The van der Waals surface area contributed by atoms with Crippen LogP contribution < -0.4 is 10.6 Å². The van der Waals surface area contributed by atoms with Crippen molar-refractivity contribution in [2.45, 2.75) is 38.1 Å². The maximum Gasteiger partial charge on any atom is 0.407 e. The third-order valence-electron chi connectivity index (χ3n) is 4.92. The lowest BCUT2D eigenvalue weighted by Gasteiger charge is -2.38. The fraction of sp³-hybridized carbons (Fsp3) is 0.579. The van der Waals surface area contributed by atoms with Crippen LogP contribution in [0.25, 0.3) is 0 Å². The summed E-state index contributed by atoms with van der Waals surface area (Å²) in [6.07, 6.45) is 1.07. The van der Waals surface area contributed by atoms with Crippen LogP contribution in [0.2, 0.25) is 0 Å². The molecule has 0 aliphatic carbocycles. The van der Waals surface area contributed by atoms with Gasteiger partial charge in [-0.2, -0.15) is 0 Å². The monoisotopic (exact) mass is 426 g/mol. The van der Waals surface area contributed by atoms with Gasteiger partial charge in [-0.25, -0.2) is 4.79 Å². The highest BCUT2D eigenvalue weighted by atomic mass is 79.9. The number of nitrogens with one attached hydrogen (secondary N) is 2. The van der Waals surface area contributed by atoms with E-state index in [-0.39, 0.29) is 17.2 Å². The molecular weight excluding hydrogens is 400 g/mol. The van der Waals surface area contributed by atoms with Gasteiger partial charge in [0.1, 0.15) is 6.04 Å². The molecule has 1 atom stereocenters. The SMILES string of the molecule is COC(=O)NC(C(=O)NCC1(c2ccc(Br)cc2)CCOCC1)C(C)C. The van der Waals surface area contributed by atoms with Gasteiger partial charge >= 0.3 is 6.09 Å². The van der Waals surface area contributed by atoms with Crippen molar-refractivity contribution in [1.29, 1.82) is 0 Å². The van der Waals surface area contributed by atoms with Gasteiger partial charge in [-0.05, 0) is 36.5 Å². The number of hydrogen-bond acceptors (Lipinski definition) is 4. The Morgan fingerprint density at radius 3 is 2.38 bits per heavy atom. The molecule has 1 unspecified atom stereocenters. The van der Waals surface area contributed by atoms with Crippen molar-refractivity contribution in [2.24, 2.45) is 5.92 Å². The second-order valence-corrected chi connectivity index (χ2v) is 7.89. The molecule has 0 spiro atoms. The zero-order valence-electron chi connectivity index (χ0n) is 15.5. The Bertz CT molecular complexity index is 612. The van der Waals surface area contributed by atoms with E-state index in [0.717, 1.165) is 17.3 Å². The number of amides is 2. The van der Waals surface area contributed by atoms with E-state index in [0.29, 0.717) is 19.8 Å². The number of carbonyl (C=O) groups is 2. The van der Waals surface area contributed by atoms with Crippen molar-refractivity contribution in [3.05, 3.63) is 34.3 Å². The van der Waals surface area contributed by atoms with Crippen LogP contribution in [0.3, 0.4) is 0 Å². The summed E-state index contributed by atoms with van der Waals surface area (Å²) in [6.45, 7) is 5.61. The highest BCUT2D eigenvalue weighted by Crippen LogP contribution is 2.35. The quantitative estimate of drug-likeness (QED) is 0.732. The largest absolute Gasteiger partial charge is 0.453 e. The maximum atomic E-state index is 12.7. The lowest BCUT2D eigenvalue weighted by molar-refractivity contribution is -0.124. The van der Waals surface area contributed by atoms with Gasteiger partial charge in [0.2, 0.25) is 5.91 Å². The second-order valence-electron chi connectivity index (χ2n) is 6.98. The van der Waals surface area contributed by atoms with E-state index in [1.807, 2.05) is 26.0 Å². The van der Waals surface area contributed by atoms with Crippen LogP contribution in [-0.2, 0) is 19.7 Å². The average Bonchev–Trinajstić information content (AvgIpc) is 2.65. The Kier molecular flexibility index (Phi) is 7.46. The molecule has 0 saturated carbocycles. The Hall–Kier alpha value is -1.60. The highest BCUT2D eigenvalue weighted by molar-refractivity contribution is 9.10. The van der Waals surface area contributed by atoms with E-state index in [2.05, 4.69) is 43.4 Å². The first-order valence-electron chi connectivity index (χ1n) is 8.84. The lowest BCUT2D eigenvalue weighted by atomic mass is 9.74. The van der Waals surface area contributed by atoms with Gasteiger partial charge in [-0.3, -0.25) is 4.79 Å². The smallest absolute Gasteiger partial charge is 0.407 e. The number of halogens is 1. The minimum Gasteiger partial charge on any atom is -0.453 e. The lowest BCUT2D eigenvalue weighted by Crippen LogP contribution is -2.53. The van der Waals surface area contributed by atoms with Gasteiger partial charge in [0.05, 0.1) is 7.11 Å². The van der Waals surface area contributed by atoms with E-state index in [1.165, 1.54) is 12.7 Å². The fourth-order valence-electron chi connectivity index (χ4n) is 3.22. The van der Waals surface area contributed by atoms with Crippen molar-refractivity contribution in [3.8, 4) is 0 Å². The van der Waals surface area contributed by atoms with Gasteiger partial charge in [-0.1, -0.05) is 41.9 Å². The highest BCUT2D eigenvalue weighted by Gasteiger charge is 2.36. The number of hydrogen-bond donors (Lipinski definition) is 2. The summed E-state index contributed by atoms with van der Waals surface area (Å²) in [5.41, 5.74) is 1.02. The summed E-state index contributed by atoms with van der Waals surface area (Å²) in [6, 6.07) is 7.58. The molecule has 6 nitrogen and oxygen atoms in total. The first-order valence-corrected chi connectivity index (χ1v) is 9.63. The Morgan fingerprint density at radius 1 is 1.23 bits per heavy atom. The van der Waals surface area contributed by atoms with Gasteiger partial charge < -0.3 is 20.1 Å². The van der Waals surface area contributed by atoms with Crippen LogP contribution in [0.4, 0.5) is 4.79 Å². The summed E-state index contributed by atoms with van der Waals surface area (Å²) >= 11 is 3.47. The minimum atomic E-state index is -0.635. The molecule has 144 valence electrons. The number of alkyl carbamates (subject to hydrolysis) is 1. The number of carbonyl (C=O) groups excluding carboxylic acids is 2. The number of rotatable bonds is 6. The molecule has 0 aromatic heterocycles. The van der Waals surface area contributed by atoms with Crippen LogP contribution in [0.5, 0.6) is 0 Å². The fourth-order valence-corrected chi connectivity index (χ4v) is 3.48. The summed E-state index contributed by atoms with van der Waals surface area (Å²) in [5, 5.41) is 5.65. The molecule has 0 bridgehead atoms. The molecule has 1 heterocycles. The Labute approximate surface area is 163 Å². The van der Waals surface area contributed by atoms with Gasteiger partial charge in [0, 0.05) is 29.6 Å². The van der Waals surface area contributed by atoms with Crippen molar-refractivity contribution in [1.82, 2.24) is 10.6 Å². The van der Waals surface area contributed by atoms with Crippen LogP contribution in [-0.4, -0.2) is 44.9 Å². The minimum absolute atomic E-state index is 0.0487. The number of methoxy groups -OCH3 is 1. The molecule has 0 radical (unpaired) electrons. The average molecular weight is 427 g/mol. The van der Waals surface area contributed by atoms with Crippen molar-refractivity contribution in [3.63, 3.8) is 0 Å². The van der Waals surface area contributed by atoms with Crippen molar-refractivity contribution >= 4 is 27.9 Å². The molecule has 1 aromatic carbocycles. The van der Waals surface area contributed by atoms with E-state index >= 15 is 0 Å². The molecule has 1 aliphatic rings. The van der Waals surface area contributed by atoms with E-state index in [9.17, 15) is 9.59 Å². The Morgan fingerprint density at radius 2 is 1.85 bits per heavy atom. The normalized spacial score (nSPS) is 17.4. The van der Waals surface area contributed by atoms with Gasteiger partial charge in [0.15, 0.2) is 0 Å². The zero-order valence-corrected chi connectivity index (χ0v) is 17.1. The van der Waals surface area contributed by atoms with Crippen LogP contribution in [0.15, 0.2) is 28.7 Å². The number of benzene rings is 1. The summed E-state index contributed by atoms with van der Waals surface area (Å²) in [7, 11) is 1.29. The molecule has 2 rings (SSSR count). The van der Waals surface area contributed by atoms with Crippen molar-refractivity contribution in [2.75, 3.05) is 26.9 Å². The predicted octanol–water partition coefficient (Wildman–Crippen LogP) is 2.99. The topological polar surface area (TPSA) is 76.7 Å². The third-order valence-corrected chi connectivity index (χ3v) is 5.44. The molecule has 7 heteroatoms. The third kappa shape index (κ3) is 5.20. The number of ether oxygens (including phenoxy) is 2. The molecule has 1 saturated heterocycles. The van der Waals surface area contributed by atoms with E-state index in [1.54, 1.807) is 0 Å². The molecule has 1 aliphatic heterocycles. The second kappa shape index (κ2) is 9.37. The summed E-state index contributed by atoms with van der Waals surface area (Å²) < 4.78 is 11.2. The van der Waals surface area contributed by atoms with Crippen LogP contribution in [0, 0.1) is 5.92 Å². The zero-order chi connectivity index (χ0) is 19.2. The van der Waals surface area contributed by atoms with E-state index in [4.69, 9.17) is 4.74 Å². The first kappa shape index (κ1) is 20.7. The molecule has 1 aromatic rings. The van der Waals surface area contributed by atoms with E-state index < -0.39 is 12.1 Å². The molecule has 1 fully saturated rings. The summed E-state index contributed by atoms with van der Waals surface area (Å²) in [5.74, 6) is -0.249.